The molecule has 1 aliphatic rings. The van der Waals surface area contributed by atoms with Gasteiger partial charge in [0.1, 0.15) is 17.6 Å². The molecule has 1 aliphatic heterocycles. The van der Waals surface area contributed by atoms with Crippen molar-refractivity contribution >= 4 is 34.7 Å². The minimum Gasteiger partial charge on any atom is -0.463 e. The first-order valence-electron chi connectivity index (χ1n) is 8.79. The molecule has 144 valence electrons. The van der Waals surface area contributed by atoms with Gasteiger partial charge in [-0.05, 0) is 44.4 Å². The Hall–Kier alpha value is -2.71. The fraction of sp³-hybridized carbons (Fsp3) is 0.250. The monoisotopic (exact) mass is 414 g/mol. The number of esters is 1. The first-order valence-corrected chi connectivity index (χ1v) is 10.5. The molecule has 0 N–H and O–H groups in total. The van der Waals surface area contributed by atoms with Gasteiger partial charge in [-0.25, -0.2) is 9.79 Å². The second kappa shape index (κ2) is 7.37. The number of aromatic nitrogens is 1. The van der Waals surface area contributed by atoms with Gasteiger partial charge in [0.25, 0.3) is 5.56 Å². The van der Waals surface area contributed by atoms with Gasteiger partial charge in [-0.2, -0.15) is 0 Å². The number of ether oxygens (including phenoxy) is 1. The summed E-state index contributed by atoms with van der Waals surface area (Å²) in [5.41, 5.74) is 0.765. The molecule has 8 heteroatoms. The number of carbonyl (C=O) groups excluding carboxylic acids is 1. The first kappa shape index (κ1) is 18.6. The zero-order valence-corrected chi connectivity index (χ0v) is 17.2. The highest BCUT2D eigenvalue weighted by atomic mass is 32.1. The number of fused-ring (bicyclic) bond motifs is 1. The Morgan fingerprint density at radius 3 is 2.82 bits per heavy atom. The van der Waals surface area contributed by atoms with E-state index in [0.717, 1.165) is 10.6 Å². The van der Waals surface area contributed by atoms with Crippen LogP contribution in [0.2, 0.25) is 0 Å². The molecule has 4 heterocycles. The molecule has 0 bridgehead atoms. The summed E-state index contributed by atoms with van der Waals surface area (Å²) >= 11 is 2.78. The second-order valence-electron chi connectivity index (χ2n) is 6.27. The molecule has 4 rings (SSSR count). The predicted molar refractivity (Wildman–Crippen MR) is 108 cm³/mol. The van der Waals surface area contributed by atoms with E-state index in [1.165, 1.54) is 22.7 Å². The smallest absolute Gasteiger partial charge is 0.338 e. The maximum Gasteiger partial charge on any atom is 0.338 e. The quantitative estimate of drug-likeness (QED) is 0.616. The zero-order chi connectivity index (χ0) is 19.8. The topological polar surface area (TPSA) is 73.8 Å². The maximum atomic E-state index is 13.2. The molecule has 0 unspecified atom stereocenters. The van der Waals surface area contributed by atoms with Crippen LogP contribution >= 0.6 is 22.7 Å². The first-order chi connectivity index (χ1) is 13.5. The highest BCUT2D eigenvalue weighted by Crippen LogP contribution is 2.33. The highest BCUT2D eigenvalue weighted by Gasteiger charge is 2.33. The van der Waals surface area contributed by atoms with E-state index in [2.05, 4.69) is 4.99 Å². The van der Waals surface area contributed by atoms with Gasteiger partial charge in [-0.15, -0.1) is 11.3 Å². The van der Waals surface area contributed by atoms with E-state index in [0.29, 0.717) is 26.4 Å². The Morgan fingerprint density at radius 1 is 1.36 bits per heavy atom. The van der Waals surface area contributed by atoms with Crippen LogP contribution in [0.1, 0.15) is 36.3 Å². The van der Waals surface area contributed by atoms with Crippen molar-refractivity contribution in [3.8, 4) is 0 Å². The Bertz CT molecular complexity index is 1240. The molecule has 0 aliphatic carbocycles. The van der Waals surface area contributed by atoms with Crippen LogP contribution < -0.4 is 14.9 Å². The summed E-state index contributed by atoms with van der Waals surface area (Å²) in [5.74, 6) is 0.936. The van der Waals surface area contributed by atoms with Crippen LogP contribution in [0.4, 0.5) is 0 Å². The molecule has 0 spiro atoms. The SMILES string of the molecule is CCOC(=O)C1=C(C)N=c2s/c(=C\c3ccc(C)o3)c(=O)n2[C@H]1c1cccs1. The van der Waals surface area contributed by atoms with Crippen LogP contribution in [0.15, 0.2) is 55.1 Å². The summed E-state index contributed by atoms with van der Waals surface area (Å²) < 4.78 is 12.9. The predicted octanol–water partition coefficient (Wildman–Crippen LogP) is 2.76. The number of thiazole rings is 1. The van der Waals surface area contributed by atoms with Gasteiger partial charge < -0.3 is 9.15 Å². The highest BCUT2D eigenvalue weighted by molar-refractivity contribution is 7.10. The number of thiophene rings is 1. The van der Waals surface area contributed by atoms with Crippen molar-refractivity contribution in [3.63, 3.8) is 0 Å². The van der Waals surface area contributed by atoms with Crippen molar-refractivity contribution < 1.29 is 13.9 Å². The molecule has 3 aromatic rings. The van der Waals surface area contributed by atoms with Crippen LogP contribution in [0.3, 0.4) is 0 Å². The summed E-state index contributed by atoms with van der Waals surface area (Å²) in [4.78, 5) is 31.9. The van der Waals surface area contributed by atoms with E-state index in [9.17, 15) is 9.59 Å². The van der Waals surface area contributed by atoms with Crippen LogP contribution in [0.5, 0.6) is 0 Å². The molecule has 1 atom stereocenters. The van der Waals surface area contributed by atoms with Gasteiger partial charge in [0.2, 0.25) is 0 Å². The zero-order valence-electron chi connectivity index (χ0n) is 15.6. The molecule has 0 amide bonds. The molecular formula is C20H18N2O4S2. The van der Waals surface area contributed by atoms with Crippen LogP contribution in [-0.4, -0.2) is 17.1 Å². The maximum absolute atomic E-state index is 13.2. The lowest BCUT2D eigenvalue weighted by Crippen LogP contribution is -2.39. The number of hydrogen-bond acceptors (Lipinski definition) is 7. The molecule has 28 heavy (non-hydrogen) atoms. The molecule has 6 nitrogen and oxygen atoms in total. The largest absolute Gasteiger partial charge is 0.463 e. The molecule has 0 saturated heterocycles. The number of carbonyl (C=O) groups is 1. The van der Waals surface area contributed by atoms with Gasteiger partial charge in [0.15, 0.2) is 4.80 Å². The third kappa shape index (κ3) is 3.18. The van der Waals surface area contributed by atoms with E-state index >= 15 is 0 Å². The number of hydrogen-bond donors (Lipinski definition) is 0. The Balaban J connectivity index is 1.95. The lowest BCUT2D eigenvalue weighted by molar-refractivity contribution is -0.139. The van der Waals surface area contributed by atoms with Gasteiger partial charge in [0, 0.05) is 11.0 Å². The lowest BCUT2D eigenvalue weighted by atomic mass is 10.0. The van der Waals surface area contributed by atoms with Crippen molar-refractivity contribution in [2.75, 3.05) is 6.61 Å². The van der Waals surface area contributed by atoms with Crippen molar-refractivity contribution in [2.45, 2.75) is 26.8 Å². The van der Waals surface area contributed by atoms with E-state index in [4.69, 9.17) is 9.15 Å². The van der Waals surface area contributed by atoms with Crippen molar-refractivity contribution in [1.82, 2.24) is 4.57 Å². The van der Waals surface area contributed by atoms with Crippen LogP contribution in [-0.2, 0) is 9.53 Å². The van der Waals surface area contributed by atoms with E-state index in [1.54, 1.807) is 24.5 Å². The van der Waals surface area contributed by atoms with Gasteiger partial charge >= 0.3 is 5.97 Å². The van der Waals surface area contributed by atoms with Crippen molar-refractivity contribution in [2.24, 2.45) is 4.99 Å². The van der Waals surface area contributed by atoms with E-state index < -0.39 is 12.0 Å². The van der Waals surface area contributed by atoms with Gasteiger partial charge in [-0.1, -0.05) is 17.4 Å². The second-order valence-corrected chi connectivity index (χ2v) is 8.25. The Kier molecular flexibility index (Phi) is 4.91. The number of nitrogens with zero attached hydrogens (tertiary/aromatic N) is 2. The van der Waals surface area contributed by atoms with Crippen molar-refractivity contribution in [3.05, 3.63) is 77.0 Å². The normalized spacial score (nSPS) is 16.8. The standard InChI is InChI=1S/C20H18N2O4S2/c1-4-25-19(24)16-12(3)21-20-22(17(16)14-6-5-9-27-14)18(23)15(28-20)10-13-8-7-11(2)26-13/h5-10,17H,4H2,1-3H3/b15-10-/t17-/m0/s1. The lowest BCUT2D eigenvalue weighted by Gasteiger charge is -2.23. The third-order valence-electron chi connectivity index (χ3n) is 4.36. The third-order valence-corrected chi connectivity index (χ3v) is 6.27. The Labute approximate surface area is 168 Å². The number of aryl methyl sites for hydroxylation is 1. The minimum atomic E-state index is -0.546. The van der Waals surface area contributed by atoms with E-state index in [1.807, 2.05) is 36.6 Å². The molecule has 3 aromatic heterocycles. The average molecular weight is 415 g/mol. The summed E-state index contributed by atoms with van der Waals surface area (Å²) in [6.07, 6.45) is 1.71. The average Bonchev–Trinajstić information content (AvgIpc) is 3.37. The number of allylic oxidation sites excluding steroid dienone is 1. The summed E-state index contributed by atoms with van der Waals surface area (Å²) in [5, 5.41) is 1.93. The van der Waals surface area contributed by atoms with E-state index in [-0.39, 0.29) is 12.2 Å². The van der Waals surface area contributed by atoms with Crippen molar-refractivity contribution in [1.29, 1.82) is 0 Å². The summed E-state index contributed by atoms with van der Waals surface area (Å²) in [6.45, 7) is 5.65. The number of furan rings is 1. The van der Waals surface area contributed by atoms with Crippen LogP contribution in [0, 0.1) is 6.92 Å². The van der Waals surface area contributed by atoms with Gasteiger partial charge in [-0.3, -0.25) is 9.36 Å². The molecular weight excluding hydrogens is 396 g/mol. The van der Waals surface area contributed by atoms with Crippen LogP contribution in [0.25, 0.3) is 6.08 Å². The summed E-state index contributed by atoms with van der Waals surface area (Å²) in [7, 11) is 0. The molecule has 0 fully saturated rings. The molecule has 0 radical (unpaired) electrons. The fourth-order valence-corrected chi connectivity index (χ4v) is 5.02. The molecule has 0 saturated carbocycles. The Morgan fingerprint density at radius 2 is 2.18 bits per heavy atom. The van der Waals surface area contributed by atoms with Gasteiger partial charge in [0.05, 0.1) is 22.4 Å². The number of rotatable bonds is 4. The summed E-state index contributed by atoms with van der Waals surface area (Å²) in [6, 6.07) is 6.94. The minimum absolute atomic E-state index is 0.203. The fourth-order valence-electron chi connectivity index (χ4n) is 3.17. The molecule has 0 aromatic carbocycles.